The van der Waals surface area contributed by atoms with Crippen LogP contribution in [0.15, 0.2) is 0 Å². The first-order valence-corrected chi connectivity index (χ1v) is 14.5. The van der Waals surface area contributed by atoms with E-state index >= 15 is 0 Å². The van der Waals surface area contributed by atoms with E-state index in [0.29, 0.717) is 0 Å². The van der Waals surface area contributed by atoms with Gasteiger partial charge in [-0.25, -0.2) is 0 Å². The summed E-state index contributed by atoms with van der Waals surface area (Å²) in [6, 6.07) is 0. The lowest BCUT2D eigenvalue weighted by Gasteiger charge is -2.00. The van der Waals surface area contributed by atoms with Crippen LogP contribution in [0.5, 0.6) is 0 Å². The minimum atomic E-state index is -0.641. The predicted molar refractivity (Wildman–Crippen MR) is 41.7 cm³/mol. The van der Waals surface area contributed by atoms with Gasteiger partial charge < -0.3 is 0 Å². The second-order valence-electron chi connectivity index (χ2n) is 0.952. The fraction of sp³-hybridized carbons (Fsp3) is 0. The number of hydrogen-bond donors (Lipinski definition) is 0. The van der Waals surface area contributed by atoms with E-state index < -0.39 is 7.35 Å². The highest BCUT2D eigenvalue weighted by atomic mass is 30.1. The van der Waals surface area contributed by atoms with Gasteiger partial charge in [-0.3, -0.25) is 0 Å². The van der Waals surface area contributed by atoms with Gasteiger partial charge in [-0.2, -0.15) is 0 Å². The first-order chi connectivity index (χ1) is 3.13. The highest BCUT2D eigenvalue weighted by Crippen LogP contribution is 1.62. The van der Waals surface area contributed by atoms with E-state index in [2.05, 4.69) is 39.0 Å². The fourth-order valence-electron chi connectivity index (χ4n) is 0.144. The van der Waals surface area contributed by atoms with Crippen molar-refractivity contribution in [2.75, 3.05) is 0 Å². The third kappa shape index (κ3) is 7.52. The van der Waals surface area contributed by atoms with Crippen LogP contribution in [0, 0.1) is 0 Å². The highest BCUT2D eigenvalue weighted by molar-refractivity contribution is 7.76. The Balaban J connectivity index is 2.95. The van der Waals surface area contributed by atoms with Gasteiger partial charge in [0.1, 0.15) is 0 Å². The van der Waals surface area contributed by atoms with Gasteiger partial charge >= 0.3 is 0 Å². The van der Waals surface area contributed by atoms with Gasteiger partial charge in [0.2, 0.25) is 0 Å². The Labute approximate surface area is 62.3 Å². The van der Waals surface area contributed by atoms with Crippen LogP contribution >= 0.6 is 0 Å². The average molecular weight is 198 g/mol. The monoisotopic (exact) mass is 197 g/mol. The molecule has 0 heterocycles. The van der Waals surface area contributed by atoms with E-state index in [4.69, 9.17) is 0 Å². The van der Waals surface area contributed by atoms with Crippen LogP contribution in [0.2, 0.25) is 0 Å². The summed E-state index contributed by atoms with van der Waals surface area (Å²) in [5.74, 6) is 0. The van der Waals surface area contributed by atoms with Crippen molar-refractivity contribution in [3.63, 3.8) is 0 Å². The summed E-state index contributed by atoms with van der Waals surface area (Å²) in [5.41, 5.74) is 0. The molecule has 0 aromatic heterocycles. The summed E-state index contributed by atoms with van der Waals surface area (Å²) in [4.78, 5) is 0. The normalized spacial score (nSPS) is 11.1. The van der Waals surface area contributed by atoms with Gasteiger partial charge in [-0.1, -0.05) is 0 Å². The molecule has 0 aromatic rings. The van der Waals surface area contributed by atoms with Crippen molar-refractivity contribution in [1.82, 2.24) is 0 Å². The second kappa shape index (κ2) is 4.40. The summed E-state index contributed by atoms with van der Waals surface area (Å²) < 4.78 is 0. The van der Waals surface area contributed by atoms with E-state index in [0.717, 1.165) is 8.55 Å². The molecule has 0 aliphatic carbocycles. The molecular weight excluding hydrogens is 197 g/mol. The van der Waals surface area contributed by atoms with Gasteiger partial charge in [-0.15, -0.1) is 0 Å². The summed E-state index contributed by atoms with van der Waals surface area (Å²) in [6.45, 7) is 0. The molecule has 0 spiro atoms. The summed E-state index contributed by atoms with van der Waals surface area (Å²) in [6.07, 6.45) is 0. The van der Waals surface area contributed by atoms with Gasteiger partial charge in [0.25, 0.3) is 0 Å². The minimum Gasteiger partial charge on any atom is -0.00329 e. The zero-order chi connectivity index (χ0) is 5.86. The molecule has 0 saturated heterocycles. The summed E-state index contributed by atoms with van der Waals surface area (Å²) in [7, 11) is 14.2. The van der Waals surface area contributed by atoms with Crippen molar-refractivity contribution >= 4 is 62.3 Å². The predicted octanol–water partition coefficient (Wildman–Crippen LogP) is -2.93. The van der Waals surface area contributed by atoms with Gasteiger partial charge in [-0.05, 0) is 62.3 Å². The molecule has 0 amide bonds. The van der Waals surface area contributed by atoms with Crippen molar-refractivity contribution in [1.29, 1.82) is 0 Å². The van der Waals surface area contributed by atoms with Crippen molar-refractivity contribution in [2.24, 2.45) is 0 Å². The molecule has 0 rings (SSSR count). The molecule has 0 unspecified atom stereocenters. The Morgan fingerprint density at radius 2 is 1.71 bits per heavy atom. The number of hydrogen-bond acceptors (Lipinski definition) is 0. The molecule has 0 bridgehead atoms. The van der Waals surface area contributed by atoms with Gasteiger partial charge in [0.15, 0.2) is 0 Å². The van der Waals surface area contributed by atoms with E-state index in [9.17, 15) is 0 Å². The van der Waals surface area contributed by atoms with E-state index in [1.54, 1.807) is 0 Å². The zero-order valence-electron chi connectivity index (χ0n) is 3.58. The van der Waals surface area contributed by atoms with Gasteiger partial charge in [0, 0.05) is 0 Å². The van der Waals surface area contributed by atoms with E-state index in [-0.39, 0.29) is 7.35 Å². The van der Waals surface area contributed by atoms with Crippen molar-refractivity contribution < 1.29 is 0 Å². The quantitative estimate of drug-likeness (QED) is 0.416. The van der Waals surface area contributed by atoms with E-state index in [1.165, 1.54) is 0 Å². The fourth-order valence-corrected chi connectivity index (χ4v) is 35.1. The maximum absolute atomic E-state index is 3.55. The van der Waals surface area contributed by atoms with Crippen molar-refractivity contribution in [3.05, 3.63) is 0 Å². The molecule has 0 aliphatic rings. The van der Waals surface area contributed by atoms with Crippen LogP contribution < -0.4 is 0 Å². The maximum atomic E-state index is 3.55. The molecule has 0 aliphatic heterocycles. The Hall–Kier alpha value is 1.52. The van der Waals surface area contributed by atoms with Crippen molar-refractivity contribution in [2.45, 2.75) is 0 Å². The molecule has 0 aromatic carbocycles. The van der Waals surface area contributed by atoms with Crippen LogP contribution in [0.1, 0.15) is 0 Å². The van der Waals surface area contributed by atoms with Crippen LogP contribution in [0.25, 0.3) is 0 Å². The van der Waals surface area contributed by atoms with Crippen LogP contribution in [0.3, 0.4) is 0 Å². The Morgan fingerprint density at radius 1 is 1.29 bits per heavy atom. The Kier molecular flexibility index (Phi) is 5.36. The van der Waals surface area contributed by atoms with Crippen molar-refractivity contribution in [3.8, 4) is 0 Å². The lowest BCUT2D eigenvalue weighted by atomic mass is 26.1. The van der Waals surface area contributed by atoms with Crippen LogP contribution in [-0.4, -0.2) is 62.3 Å². The second-order valence-corrected chi connectivity index (χ2v) is 25.7. The molecule has 0 fully saturated rings. The molecular formula is HSi7. The minimum absolute atomic E-state index is 0.331. The number of rotatable bonds is 2. The molecule has 7 heavy (non-hydrogen) atoms. The summed E-state index contributed by atoms with van der Waals surface area (Å²) in [5, 5.41) is 0. The van der Waals surface area contributed by atoms with Crippen LogP contribution in [0.4, 0.5) is 0 Å². The smallest absolute Gasteiger partial charge is 0.00000163 e. The molecule has 0 atom stereocenters. The average Bonchev–Trinajstić information content (AvgIpc) is 1.27. The molecule has 0 nitrogen and oxygen atoms in total. The standard InChI is InChI=1S/HSi7/c1-6(2)5-7(3)4/h6H. The topological polar surface area (TPSA) is 0 Å². The lowest BCUT2D eigenvalue weighted by molar-refractivity contribution is 3.76. The maximum Gasteiger partial charge on any atom is -0.00000163 e. The first-order valence-electron chi connectivity index (χ1n) is 1.62. The molecule has 0 N–H and O–H groups in total. The zero-order valence-corrected chi connectivity index (χ0v) is 10.7. The highest BCUT2D eigenvalue weighted by Gasteiger charge is 2.00. The first kappa shape index (κ1) is 8.52. The van der Waals surface area contributed by atoms with Crippen LogP contribution in [-0.2, 0) is 0 Å². The largest absolute Gasteiger partial charge is 0.00329 e. The van der Waals surface area contributed by atoms with Gasteiger partial charge in [0.05, 0.1) is 0 Å². The van der Waals surface area contributed by atoms with E-state index in [1.807, 2.05) is 0 Å². The Bertz CT molecular complexity index is 29.3. The molecule has 29 valence electrons. The summed E-state index contributed by atoms with van der Waals surface area (Å²) >= 11 is 0. The SMILES string of the molecule is [Si][Si]([Si])[Si][SiH]([Si])[Si]. The molecule has 0 saturated carbocycles. The molecule has 7 heteroatoms. The Morgan fingerprint density at radius 3 is 1.71 bits per heavy atom. The third-order valence-electron chi connectivity index (χ3n) is 0.289. The third-order valence-corrected chi connectivity index (χ3v) is 23.4. The molecule has 15 radical (unpaired) electrons. The lowest BCUT2D eigenvalue weighted by Crippen LogP contribution is -2.38.